The summed E-state index contributed by atoms with van der Waals surface area (Å²) in [5, 5.41) is 12.9. The maximum atomic E-state index is 13.5. The van der Waals surface area contributed by atoms with E-state index >= 15 is 0 Å². The second-order valence-corrected chi connectivity index (χ2v) is 11.3. The summed E-state index contributed by atoms with van der Waals surface area (Å²) in [4.78, 5) is 39.5. The van der Waals surface area contributed by atoms with Crippen LogP contribution in [0.2, 0.25) is 0 Å². The zero-order valence-electron chi connectivity index (χ0n) is 20.4. The number of nitrogens with zero attached hydrogens (tertiary/aromatic N) is 2. The van der Waals surface area contributed by atoms with Crippen molar-refractivity contribution in [2.75, 3.05) is 26.0 Å². The van der Waals surface area contributed by atoms with Gasteiger partial charge in [0.25, 0.3) is 0 Å². The van der Waals surface area contributed by atoms with Crippen LogP contribution in [0, 0.1) is 5.92 Å². The Morgan fingerprint density at radius 3 is 2.51 bits per heavy atom. The Morgan fingerprint density at radius 2 is 1.91 bits per heavy atom. The number of ether oxygens (including phenoxy) is 1. The molecule has 0 aliphatic carbocycles. The Balaban J connectivity index is 1.76. The summed E-state index contributed by atoms with van der Waals surface area (Å²) < 4.78 is 30.7. The van der Waals surface area contributed by atoms with Crippen LogP contribution in [0.15, 0.2) is 30.3 Å². The Bertz CT molecular complexity index is 1020. The van der Waals surface area contributed by atoms with Crippen molar-refractivity contribution in [3.63, 3.8) is 0 Å². The second-order valence-electron chi connectivity index (χ2n) is 9.29. The van der Waals surface area contributed by atoms with Gasteiger partial charge in [-0.2, -0.15) is 0 Å². The number of piperidine rings is 1. The Hall–Kier alpha value is -2.50. The first-order valence-electron chi connectivity index (χ1n) is 12.0. The first kappa shape index (κ1) is 27.1. The molecule has 2 aliphatic heterocycles. The predicted molar refractivity (Wildman–Crippen MR) is 129 cm³/mol. The number of carboxylic acids is 1. The highest BCUT2D eigenvalue weighted by molar-refractivity contribution is 7.88. The van der Waals surface area contributed by atoms with Gasteiger partial charge < -0.3 is 14.7 Å². The molecule has 5 atom stereocenters. The predicted octanol–water partition coefficient (Wildman–Crippen LogP) is 0.865. The van der Waals surface area contributed by atoms with E-state index in [1.165, 1.54) is 9.21 Å². The number of esters is 1. The second kappa shape index (κ2) is 11.5. The summed E-state index contributed by atoms with van der Waals surface area (Å²) in [5.41, 5.74) is 1.04. The smallest absolute Gasteiger partial charge is 0.326 e. The molecule has 0 saturated carbocycles. The highest BCUT2D eigenvalue weighted by Gasteiger charge is 2.50. The fourth-order valence-electron chi connectivity index (χ4n) is 5.08. The highest BCUT2D eigenvalue weighted by Crippen LogP contribution is 2.37. The number of aryl methyl sites for hydroxylation is 1. The van der Waals surface area contributed by atoms with Gasteiger partial charge in [-0.15, -0.1) is 0 Å². The number of sulfonamides is 1. The summed E-state index contributed by atoms with van der Waals surface area (Å²) in [6.07, 6.45) is 2.88. The number of carbonyl (C=O) groups excluding carboxylic acids is 2. The van der Waals surface area contributed by atoms with E-state index < -0.39 is 52.0 Å². The van der Waals surface area contributed by atoms with Crippen LogP contribution in [0.25, 0.3) is 0 Å². The normalized spacial score (nSPS) is 24.4. The van der Waals surface area contributed by atoms with Gasteiger partial charge in [0.15, 0.2) is 0 Å². The topological polar surface area (TPSA) is 133 Å². The minimum atomic E-state index is -3.47. The quantitative estimate of drug-likeness (QED) is 0.444. The van der Waals surface area contributed by atoms with Crippen molar-refractivity contribution in [1.82, 2.24) is 14.5 Å². The van der Waals surface area contributed by atoms with Gasteiger partial charge in [0.1, 0.15) is 12.1 Å². The fourth-order valence-corrected chi connectivity index (χ4v) is 5.94. The minimum Gasteiger partial charge on any atom is -0.480 e. The zero-order chi connectivity index (χ0) is 25.8. The lowest BCUT2D eigenvalue weighted by Crippen LogP contribution is -2.58. The highest BCUT2D eigenvalue weighted by atomic mass is 32.2. The van der Waals surface area contributed by atoms with Crippen LogP contribution in [0.5, 0.6) is 0 Å². The number of fused-ring (bicyclic) bond motifs is 1. The summed E-state index contributed by atoms with van der Waals surface area (Å²) in [5.74, 6) is -2.14. The molecule has 2 saturated heterocycles. The van der Waals surface area contributed by atoms with Crippen molar-refractivity contribution < 1.29 is 32.6 Å². The van der Waals surface area contributed by atoms with E-state index in [4.69, 9.17) is 4.74 Å². The molecular weight excluding hydrogens is 474 g/mol. The average molecular weight is 510 g/mol. The van der Waals surface area contributed by atoms with Crippen LogP contribution in [-0.2, 0) is 35.6 Å². The molecule has 1 aromatic rings. The third-order valence-electron chi connectivity index (χ3n) is 6.87. The summed E-state index contributed by atoms with van der Waals surface area (Å²) >= 11 is 0. The molecule has 1 amide bonds. The number of hydrogen-bond acceptors (Lipinski definition) is 7. The molecule has 194 valence electrons. The SMILES string of the molecule is CCOC(=O)C(CCc1ccccc1)N[C@@H](C)C(=O)N1C(C(=O)O)CC2CCN(S(C)(=O)=O)CC21. The lowest BCUT2D eigenvalue weighted by molar-refractivity contribution is -0.152. The van der Waals surface area contributed by atoms with Crippen molar-refractivity contribution in [3.05, 3.63) is 35.9 Å². The van der Waals surface area contributed by atoms with Gasteiger partial charge in [0, 0.05) is 19.1 Å². The van der Waals surface area contributed by atoms with Gasteiger partial charge >= 0.3 is 11.9 Å². The molecule has 0 spiro atoms. The summed E-state index contributed by atoms with van der Waals surface area (Å²) in [6, 6.07) is 6.45. The number of aliphatic carboxylic acids is 1. The van der Waals surface area contributed by atoms with Crippen LogP contribution in [-0.4, -0.2) is 90.7 Å². The van der Waals surface area contributed by atoms with E-state index in [0.717, 1.165) is 11.8 Å². The molecule has 2 aliphatic rings. The van der Waals surface area contributed by atoms with Gasteiger partial charge in [-0.1, -0.05) is 30.3 Å². The Morgan fingerprint density at radius 1 is 1.23 bits per heavy atom. The molecule has 2 fully saturated rings. The first-order valence-corrected chi connectivity index (χ1v) is 13.8. The zero-order valence-corrected chi connectivity index (χ0v) is 21.2. The van der Waals surface area contributed by atoms with Gasteiger partial charge in [0.2, 0.25) is 15.9 Å². The lowest BCUT2D eigenvalue weighted by Gasteiger charge is -2.39. The fraction of sp³-hybridized carbons (Fsp3) is 0.625. The third kappa shape index (κ3) is 6.59. The van der Waals surface area contributed by atoms with Crippen LogP contribution in [0.4, 0.5) is 0 Å². The molecule has 0 radical (unpaired) electrons. The molecule has 11 heteroatoms. The molecule has 10 nitrogen and oxygen atoms in total. The van der Waals surface area contributed by atoms with Crippen molar-refractivity contribution in [2.24, 2.45) is 5.92 Å². The van der Waals surface area contributed by atoms with Crippen LogP contribution < -0.4 is 5.32 Å². The molecule has 1 aromatic carbocycles. The molecule has 4 unspecified atom stereocenters. The standard InChI is InChI=1S/C24H35N3O7S/c1-4-34-24(31)19(11-10-17-8-6-5-7-9-17)25-16(2)22(28)27-20(23(29)30)14-18-12-13-26(15-21(18)27)35(3,32)33/h5-9,16,18-21,25H,4,10-15H2,1-3H3,(H,29,30)/t16-,18?,19?,20?,21?/m0/s1. The number of nitrogens with one attached hydrogen (secondary N) is 1. The number of amides is 1. The molecule has 0 bridgehead atoms. The molecule has 2 heterocycles. The van der Waals surface area contributed by atoms with Gasteiger partial charge in [0.05, 0.1) is 18.9 Å². The number of benzene rings is 1. The largest absolute Gasteiger partial charge is 0.480 e. The molecule has 0 aromatic heterocycles. The third-order valence-corrected chi connectivity index (χ3v) is 8.14. The monoisotopic (exact) mass is 509 g/mol. The van der Waals surface area contributed by atoms with E-state index in [1.807, 2.05) is 30.3 Å². The van der Waals surface area contributed by atoms with E-state index in [1.54, 1.807) is 13.8 Å². The molecular formula is C24H35N3O7S. The Kier molecular flexibility index (Phi) is 8.89. The van der Waals surface area contributed by atoms with Crippen LogP contribution in [0.3, 0.4) is 0 Å². The first-order chi connectivity index (χ1) is 16.5. The Labute approximate surface area is 206 Å². The number of carbonyl (C=O) groups is 3. The van der Waals surface area contributed by atoms with Crippen LogP contribution >= 0.6 is 0 Å². The number of rotatable bonds is 10. The van der Waals surface area contributed by atoms with E-state index in [9.17, 15) is 27.9 Å². The van der Waals surface area contributed by atoms with Crippen molar-refractivity contribution in [3.8, 4) is 0 Å². The van der Waals surface area contributed by atoms with E-state index in [-0.39, 0.29) is 25.5 Å². The summed E-state index contributed by atoms with van der Waals surface area (Å²) in [6.45, 7) is 3.89. The average Bonchev–Trinajstić information content (AvgIpc) is 3.20. The van der Waals surface area contributed by atoms with Gasteiger partial charge in [-0.3, -0.25) is 14.9 Å². The minimum absolute atomic E-state index is 0.0705. The molecule has 3 rings (SSSR count). The lowest BCUT2D eigenvalue weighted by atomic mass is 9.92. The van der Waals surface area contributed by atoms with Crippen molar-refractivity contribution >= 4 is 27.9 Å². The maximum absolute atomic E-state index is 13.5. The van der Waals surface area contributed by atoms with Gasteiger partial charge in [-0.25, -0.2) is 17.5 Å². The number of likely N-dealkylation sites (tertiary alicyclic amines) is 1. The number of hydrogen-bond donors (Lipinski definition) is 2. The summed E-state index contributed by atoms with van der Waals surface area (Å²) in [7, 11) is -3.47. The van der Waals surface area contributed by atoms with Gasteiger partial charge in [-0.05, 0) is 51.0 Å². The number of carboxylic acid groups (broad SMARTS) is 1. The molecule has 35 heavy (non-hydrogen) atoms. The van der Waals surface area contributed by atoms with Crippen molar-refractivity contribution in [2.45, 2.75) is 63.7 Å². The molecule has 2 N–H and O–H groups in total. The van der Waals surface area contributed by atoms with E-state index in [2.05, 4.69) is 5.32 Å². The van der Waals surface area contributed by atoms with Crippen molar-refractivity contribution in [1.29, 1.82) is 0 Å². The maximum Gasteiger partial charge on any atom is 0.326 e. The van der Waals surface area contributed by atoms with Crippen LogP contribution in [0.1, 0.15) is 38.7 Å². The van der Waals surface area contributed by atoms with E-state index in [0.29, 0.717) is 25.8 Å².